The minimum absolute atomic E-state index is 0.0973. The molecule has 0 aliphatic carbocycles. The van der Waals surface area contributed by atoms with Crippen LogP contribution in [0.25, 0.3) is 0 Å². The minimum Gasteiger partial charge on any atom is -0.491 e. The molecule has 8 nitrogen and oxygen atoms in total. The van der Waals surface area contributed by atoms with Crippen LogP contribution in [0.5, 0.6) is 5.75 Å². The molecule has 178 valence electrons. The molecule has 1 aliphatic rings. The maximum Gasteiger partial charge on any atom is 0.246 e. The van der Waals surface area contributed by atoms with Gasteiger partial charge < -0.3 is 25.0 Å². The fourth-order valence-corrected chi connectivity index (χ4v) is 3.62. The lowest BCUT2D eigenvalue weighted by molar-refractivity contribution is -0.127. The van der Waals surface area contributed by atoms with Gasteiger partial charge in [-0.15, -0.1) is 0 Å². The summed E-state index contributed by atoms with van der Waals surface area (Å²) in [5, 5.41) is 6.23. The van der Waals surface area contributed by atoms with E-state index in [1.54, 1.807) is 4.90 Å². The Morgan fingerprint density at radius 3 is 2.97 bits per heavy atom. The van der Waals surface area contributed by atoms with Crippen LogP contribution in [0.4, 0.5) is 21.8 Å². The molecule has 3 rings (SSSR count). The van der Waals surface area contributed by atoms with E-state index < -0.39 is 5.82 Å². The van der Waals surface area contributed by atoms with Gasteiger partial charge in [-0.25, -0.2) is 9.37 Å². The Kier molecular flexibility index (Phi) is 9.00. The number of anilines is 3. The fraction of sp³-hybridized carbons (Fsp3) is 0.458. The van der Waals surface area contributed by atoms with Crippen LogP contribution in [0.15, 0.2) is 37.1 Å². The van der Waals surface area contributed by atoms with Crippen molar-refractivity contribution in [2.24, 2.45) is 0 Å². The molecule has 2 heterocycles. The zero-order valence-electron chi connectivity index (χ0n) is 19.3. The van der Waals surface area contributed by atoms with Crippen molar-refractivity contribution in [1.82, 2.24) is 14.9 Å². The second kappa shape index (κ2) is 12.2. The van der Waals surface area contributed by atoms with E-state index in [1.807, 2.05) is 25.1 Å². The zero-order valence-corrected chi connectivity index (χ0v) is 19.3. The van der Waals surface area contributed by atoms with Crippen LogP contribution in [0.3, 0.4) is 0 Å². The first-order valence-corrected chi connectivity index (χ1v) is 11.3. The summed E-state index contributed by atoms with van der Waals surface area (Å²) >= 11 is 0. The number of aromatic nitrogens is 2. The molecule has 1 aromatic heterocycles. The number of halogens is 1. The maximum atomic E-state index is 14.4. The van der Waals surface area contributed by atoms with Crippen molar-refractivity contribution in [3.63, 3.8) is 0 Å². The van der Waals surface area contributed by atoms with Gasteiger partial charge in [0.1, 0.15) is 12.4 Å². The van der Waals surface area contributed by atoms with E-state index >= 15 is 0 Å². The molecule has 1 fully saturated rings. The third-order valence-electron chi connectivity index (χ3n) is 5.26. The maximum absolute atomic E-state index is 14.4. The van der Waals surface area contributed by atoms with Gasteiger partial charge in [0.15, 0.2) is 11.6 Å². The van der Waals surface area contributed by atoms with Crippen LogP contribution >= 0.6 is 0 Å². The van der Waals surface area contributed by atoms with E-state index in [0.717, 1.165) is 49.1 Å². The molecule has 0 radical (unpaired) electrons. The minimum atomic E-state index is -0.544. The number of aryl methyl sites for hydroxylation is 1. The van der Waals surface area contributed by atoms with Crippen LogP contribution in [0, 0.1) is 12.7 Å². The molecule has 1 atom stereocenters. The van der Waals surface area contributed by atoms with Gasteiger partial charge >= 0.3 is 0 Å². The van der Waals surface area contributed by atoms with Gasteiger partial charge in [-0.05, 0) is 56.0 Å². The first-order chi connectivity index (χ1) is 16.0. The van der Waals surface area contributed by atoms with Crippen molar-refractivity contribution in [1.29, 1.82) is 0 Å². The summed E-state index contributed by atoms with van der Waals surface area (Å²) in [6.07, 6.45) is 5.06. The number of hydrogen-bond acceptors (Lipinski definition) is 7. The zero-order chi connectivity index (χ0) is 23.6. The average Bonchev–Trinajstić information content (AvgIpc) is 2.82. The summed E-state index contributed by atoms with van der Waals surface area (Å²) in [7, 11) is 0. The molecule has 0 saturated carbocycles. The number of ether oxygens (including phenoxy) is 2. The topological polar surface area (TPSA) is 88.6 Å². The molecule has 0 unspecified atom stereocenters. The van der Waals surface area contributed by atoms with Crippen LogP contribution in [-0.4, -0.2) is 59.7 Å². The van der Waals surface area contributed by atoms with Crippen LogP contribution < -0.4 is 15.4 Å². The number of hydrogen-bond donors (Lipinski definition) is 2. The Hall–Kier alpha value is -3.20. The van der Waals surface area contributed by atoms with E-state index in [4.69, 9.17) is 9.47 Å². The lowest BCUT2D eigenvalue weighted by Gasteiger charge is -2.32. The molecule has 0 spiro atoms. The Bertz CT molecular complexity index is 956. The van der Waals surface area contributed by atoms with Crippen molar-refractivity contribution >= 4 is 23.4 Å². The van der Waals surface area contributed by atoms with Crippen LogP contribution in [0.1, 0.15) is 31.7 Å². The smallest absolute Gasteiger partial charge is 0.246 e. The predicted molar refractivity (Wildman–Crippen MR) is 126 cm³/mol. The van der Waals surface area contributed by atoms with Gasteiger partial charge in [0.25, 0.3) is 0 Å². The van der Waals surface area contributed by atoms with Crippen molar-refractivity contribution in [3.05, 3.63) is 48.4 Å². The van der Waals surface area contributed by atoms with Crippen molar-refractivity contribution in [2.45, 2.75) is 39.2 Å². The summed E-state index contributed by atoms with van der Waals surface area (Å²) in [5.41, 5.74) is 1.71. The van der Waals surface area contributed by atoms with Gasteiger partial charge in [-0.2, -0.15) is 4.98 Å². The van der Waals surface area contributed by atoms with Crippen molar-refractivity contribution in [3.8, 4) is 5.75 Å². The van der Waals surface area contributed by atoms with Gasteiger partial charge in [0.2, 0.25) is 11.9 Å². The van der Waals surface area contributed by atoms with E-state index in [2.05, 4.69) is 34.1 Å². The normalized spacial score (nSPS) is 15.7. The largest absolute Gasteiger partial charge is 0.491 e. The number of amides is 1. The van der Waals surface area contributed by atoms with Gasteiger partial charge in [-0.1, -0.05) is 13.5 Å². The summed E-state index contributed by atoms with van der Waals surface area (Å²) in [6.45, 7) is 10.5. The van der Waals surface area contributed by atoms with Crippen LogP contribution in [-0.2, 0) is 9.53 Å². The summed E-state index contributed by atoms with van der Waals surface area (Å²) in [4.78, 5) is 22.0. The van der Waals surface area contributed by atoms with E-state index in [1.165, 1.54) is 6.08 Å². The number of piperidine rings is 1. The lowest BCUT2D eigenvalue weighted by atomic mass is 10.1. The van der Waals surface area contributed by atoms with E-state index in [-0.39, 0.29) is 23.7 Å². The first-order valence-electron chi connectivity index (χ1n) is 11.3. The van der Waals surface area contributed by atoms with Gasteiger partial charge in [-0.3, -0.25) is 4.79 Å². The number of nitrogens with zero attached hydrogens (tertiary/aromatic N) is 3. The molecule has 9 heteroatoms. The molecule has 0 bridgehead atoms. The highest BCUT2D eigenvalue weighted by Gasteiger charge is 2.23. The Balaban J connectivity index is 1.60. The second-order valence-corrected chi connectivity index (χ2v) is 7.93. The monoisotopic (exact) mass is 457 g/mol. The molecular formula is C24H32FN5O3. The number of benzene rings is 1. The summed E-state index contributed by atoms with van der Waals surface area (Å²) < 4.78 is 25.6. The molecule has 2 N–H and O–H groups in total. The summed E-state index contributed by atoms with van der Waals surface area (Å²) in [6, 6.07) is 5.55. The van der Waals surface area contributed by atoms with Gasteiger partial charge in [0.05, 0.1) is 12.8 Å². The number of likely N-dealkylation sites (tertiary alicyclic amines) is 1. The van der Waals surface area contributed by atoms with Crippen LogP contribution in [0.2, 0.25) is 0 Å². The highest BCUT2D eigenvalue weighted by atomic mass is 19.1. The van der Waals surface area contributed by atoms with Gasteiger partial charge in [0, 0.05) is 31.4 Å². The first kappa shape index (κ1) is 24.4. The SMILES string of the molecule is C=CC(=O)N1CCC[C@H](Nc2nc(Nc3ccc(OCCOCCC)c(C)c3)ncc2F)C1. The average molecular weight is 458 g/mol. The Morgan fingerprint density at radius 1 is 1.36 bits per heavy atom. The Labute approximate surface area is 194 Å². The Morgan fingerprint density at radius 2 is 2.21 bits per heavy atom. The molecule has 33 heavy (non-hydrogen) atoms. The highest BCUT2D eigenvalue weighted by Crippen LogP contribution is 2.25. The lowest BCUT2D eigenvalue weighted by Crippen LogP contribution is -2.44. The number of rotatable bonds is 11. The number of carbonyl (C=O) groups is 1. The van der Waals surface area contributed by atoms with E-state index in [0.29, 0.717) is 26.3 Å². The molecule has 1 saturated heterocycles. The number of nitrogens with one attached hydrogen (secondary N) is 2. The third-order valence-corrected chi connectivity index (χ3v) is 5.26. The molecule has 1 aliphatic heterocycles. The highest BCUT2D eigenvalue weighted by molar-refractivity contribution is 5.87. The molecule has 1 amide bonds. The summed E-state index contributed by atoms with van der Waals surface area (Å²) in [5.74, 6) is 0.490. The standard InChI is InChI=1S/C24H32FN5O3/c1-4-11-32-12-13-33-21-9-8-18(14-17(21)3)28-24-26-15-20(25)23(29-24)27-19-7-6-10-30(16-19)22(31)5-2/h5,8-9,14-15,19H,2,4,6-7,10-13,16H2,1,3H3,(H2,26,27,28,29)/t19-/m0/s1. The quantitative estimate of drug-likeness (QED) is 0.389. The molecule has 2 aromatic rings. The predicted octanol–water partition coefficient (Wildman–Crippen LogP) is 4.06. The van der Waals surface area contributed by atoms with E-state index in [9.17, 15) is 9.18 Å². The number of carbonyl (C=O) groups excluding carboxylic acids is 1. The van der Waals surface area contributed by atoms with Crippen molar-refractivity contribution < 1.29 is 18.7 Å². The second-order valence-electron chi connectivity index (χ2n) is 7.93. The molecule has 1 aromatic carbocycles. The molecular weight excluding hydrogens is 425 g/mol. The van der Waals surface area contributed by atoms with Crippen molar-refractivity contribution in [2.75, 3.05) is 43.5 Å². The fourth-order valence-electron chi connectivity index (χ4n) is 3.62. The third kappa shape index (κ3) is 7.15.